The van der Waals surface area contributed by atoms with Crippen molar-refractivity contribution in [2.75, 3.05) is 31.1 Å². The molecule has 3 rings (SSSR count). The molecule has 2 aliphatic heterocycles. The molecule has 0 aliphatic carbocycles. The van der Waals surface area contributed by atoms with Gasteiger partial charge >= 0.3 is 5.97 Å². The first-order chi connectivity index (χ1) is 15.0. The number of hydrogen-bond donors (Lipinski definition) is 0. The molecule has 178 valence electrons. The van der Waals surface area contributed by atoms with E-state index in [1.807, 2.05) is 0 Å². The Bertz CT molecular complexity index is 1060. The Labute approximate surface area is 189 Å². The third kappa shape index (κ3) is 5.49. The lowest BCUT2D eigenvalue weighted by Crippen LogP contribution is -2.46. The highest BCUT2D eigenvalue weighted by Crippen LogP contribution is 2.22. The van der Waals surface area contributed by atoms with Crippen LogP contribution in [0.25, 0.3) is 0 Å². The lowest BCUT2D eigenvalue weighted by atomic mass is 10.2. The molecule has 0 saturated carbocycles. The number of ether oxygens (including phenoxy) is 1. The Morgan fingerprint density at radius 1 is 1.22 bits per heavy atom. The molecule has 2 atom stereocenters. The van der Waals surface area contributed by atoms with Crippen molar-refractivity contribution in [3.05, 3.63) is 29.8 Å². The summed E-state index contributed by atoms with van der Waals surface area (Å²) in [7, 11) is -6.88. The summed E-state index contributed by atoms with van der Waals surface area (Å²) in [5.74, 6) is -1.34. The van der Waals surface area contributed by atoms with E-state index in [9.17, 15) is 26.4 Å². The topological polar surface area (TPSA) is 118 Å². The summed E-state index contributed by atoms with van der Waals surface area (Å²) in [4.78, 5) is 26.9. The zero-order valence-corrected chi connectivity index (χ0v) is 20.0. The van der Waals surface area contributed by atoms with Crippen LogP contribution in [0.5, 0.6) is 0 Å². The van der Waals surface area contributed by atoms with Gasteiger partial charge in [-0.15, -0.1) is 0 Å². The predicted molar refractivity (Wildman–Crippen MR) is 118 cm³/mol. The van der Waals surface area contributed by atoms with Crippen molar-refractivity contribution in [3.63, 3.8) is 0 Å². The fraction of sp³-hybridized carbons (Fsp3) is 0.619. The van der Waals surface area contributed by atoms with Crippen molar-refractivity contribution in [3.8, 4) is 0 Å². The average Bonchev–Trinajstić information content (AvgIpc) is 3.14. The molecule has 1 aromatic rings. The number of amides is 1. The van der Waals surface area contributed by atoms with E-state index in [1.54, 1.807) is 6.92 Å². The predicted octanol–water partition coefficient (Wildman–Crippen LogP) is 1.44. The molecule has 1 amide bonds. The van der Waals surface area contributed by atoms with Crippen LogP contribution < -0.4 is 0 Å². The molecule has 0 N–H and O–H groups in total. The molecule has 2 aliphatic rings. The second-order valence-corrected chi connectivity index (χ2v) is 12.4. The van der Waals surface area contributed by atoms with Crippen LogP contribution in [-0.2, 0) is 29.4 Å². The Morgan fingerprint density at radius 3 is 2.50 bits per heavy atom. The molecule has 0 bridgehead atoms. The molecule has 0 spiro atoms. The van der Waals surface area contributed by atoms with Gasteiger partial charge < -0.3 is 9.64 Å². The first-order valence-corrected chi connectivity index (χ1v) is 14.1. The summed E-state index contributed by atoms with van der Waals surface area (Å²) < 4.78 is 56.0. The average molecular weight is 487 g/mol. The third-order valence-electron chi connectivity index (χ3n) is 5.93. The summed E-state index contributed by atoms with van der Waals surface area (Å²) in [6.07, 6.45) is 1.83. The van der Waals surface area contributed by atoms with Crippen molar-refractivity contribution >= 4 is 31.7 Å². The number of carbonyl (C=O) groups excluding carboxylic acids is 2. The van der Waals surface area contributed by atoms with Crippen LogP contribution in [0, 0.1) is 0 Å². The molecule has 0 aromatic heterocycles. The van der Waals surface area contributed by atoms with Gasteiger partial charge in [-0.25, -0.2) is 21.6 Å². The highest BCUT2D eigenvalue weighted by molar-refractivity contribution is 7.91. The highest BCUT2D eigenvalue weighted by atomic mass is 32.2. The first kappa shape index (κ1) is 24.7. The molecule has 2 saturated heterocycles. The van der Waals surface area contributed by atoms with Gasteiger partial charge in [-0.05, 0) is 51.3 Å². The van der Waals surface area contributed by atoms with Crippen LogP contribution in [-0.4, -0.2) is 81.2 Å². The van der Waals surface area contributed by atoms with Crippen molar-refractivity contribution in [2.45, 2.75) is 56.6 Å². The Hall–Kier alpha value is -1.98. The van der Waals surface area contributed by atoms with Gasteiger partial charge in [0.1, 0.15) is 0 Å². The van der Waals surface area contributed by atoms with Gasteiger partial charge in [-0.3, -0.25) is 4.79 Å². The van der Waals surface area contributed by atoms with Crippen LogP contribution in [0.1, 0.15) is 49.9 Å². The number of carbonyl (C=O) groups is 2. The van der Waals surface area contributed by atoms with Gasteiger partial charge in [-0.2, -0.15) is 4.31 Å². The Morgan fingerprint density at radius 2 is 1.91 bits per heavy atom. The van der Waals surface area contributed by atoms with Crippen LogP contribution in [0.2, 0.25) is 0 Å². The number of esters is 1. The van der Waals surface area contributed by atoms with Crippen molar-refractivity contribution < 1.29 is 31.2 Å². The first-order valence-electron chi connectivity index (χ1n) is 10.9. The fourth-order valence-corrected chi connectivity index (χ4v) is 7.46. The summed E-state index contributed by atoms with van der Waals surface area (Å²) >= 11 is 0. The van der Waals surface area contributed by atoms with Crippen molar-refractivity contribution in [1.29, 1.82) is 0 Å². The SMILES string of the molecule is CCN(C(=O)C(C)OC(=O)c1cccc(S(=O)(=O)N2CCCCC2)c1)C1CCS(=O)(=O)C1. The maximum atomic E-state index is 12.9. The zero-order chi connectivity index (χ0) is 23.5. The van der Waals surface area contributed by atoms with E-state index >= 15 is 0 Å². The number of nitrogens with zero attached hydrogens (tertiary/aromatic N) is 2. The standard InChI is InChI=1S/C21H30N2O7S2/c1-3-23(18-10-13-31(26,27)15-18)20(24)16(2)30-21(25)17-8-7-9-19(14-17)32(28,29)22-11-5-4-6-12-22/h7-9,14,16,18H,3-6,10-13,15H2,1-2H3. The smallest absolute Gasteiger partial charge is 0.338 e. The Balaban J connectivity index is 1.70. The van der Waals surface area contributed by atoms with Gasteiger partial charge in [0.15, 0.2) is 15.9 Å². The van der Waals surface area contributed by atoms with E-state index < -0.39 is 43.9 Å². The normalized spacial score (nSPS) is 22.2. The van der Waals surface area contributed by atoms with Crippen LogP contribution in [0.3, 0.4) is 0 Å². The lowest BCUT2D eigenvalue weighted by Gasteiger charge is -2.29. The van der Waals surface area contributed by atoms with E-state index in [4.69, 9.17) is 4.74 Å². The monoisotopic (exact) mass is 486 g/mol. The Kier molecular flexibility index (Phi) is 7.61. The molecule has 11 heteroatoms. The minimum atomic E-state index is -3.71. The minimum absolute atomic E-state index is 0.0131. The second-order valence-electron chi connectivity index (χ2n) is 8.22. The number of rotatable bonds is 7. The van der Waals surface area contributed by atoms with Crippen LogP contribution >= 0.6 is 0 Å². The van der Waals surface area contributed by atoms with Gasteiger partial charge in [-0.1, -0.05) is 12.5 Å². The van der Waals surface area contributed by atoms with E-state index in [0.717, 1.165) is 19.3 Å². The summed E-state index contributed by atoms with van der Waals surface area (Å²) in [5, 5.41) is 0. The van der Waals surface area contributed by atoms with Crippen LogP contribution in [0.15, 0.2) is 29.2 Å². The lowest BCUT2D eigenvalue weighted by molar-refractivity contribution is -0.141. The van der Waals surface area contributed by atoms with Crippen LogP contribution in [0.4, 0.5) is 0 Å². The summed E-state index contributed by atoms with van der Waals surface area (Å²) in [6.45, 7) is 4.37. The molecule has 32 heavy (non-hydrogen) atoms. The van der Waals surface area contributed by atoms with E-state index in [2.05, 4.69) is 0 Å². The van der Waals surface area contributed by atoms with Gasteiger partial charge in [0, 0.05) is 25.7 Å². The molecule has 0 radical (unpaired) electrons. The molecule has 2 unspecified atom stereocenters. The number of hydrogen-bond acceptors (Lipinski definition) is 7. The number of likely N-dealkylation sites (N-methyl/N-ethyl adjacent to an activating group) is 1. The number of sulfone groups is 1. The van der Waals surface area contributed by atoms with E-state index in [1.165, 1.54) is 40.4 Å². The number of piperidine rings is 1. The maximum Gasteiger partial charge on any atom is 0.338 e. The number of benzene rings is 1. The van der Waals surface area contributed by atoms with E-state index in [0.29, 0.717) is 26.1 Å². The molecule has 2 fully saturated rings. The summed E-state index contributed by atoms with van der Waals surface area (Å²) in [6, 6.07) is 5.19. The minimum Gasteiger partial charge on any atom is -0.449 e. The highest BCUT2D eigenvalue weighted by Gasteiger charge is 2.36. The summed E-state index contributed by atoms with van der Waals surface area (Å²) in [5.41, 5.74) is 0.0363. The largest absolute Gasteiger partial charge is 0.449 e. The molecular weight excluding hydrogens is 456 g/mol. The van der Waals surface area contributed by atoms with Crippen molar-refractivity contribution in [2.24, 2.45) is 0 Å². The van der Waals surface area contributed by atoms with E-state index in [-0.39, 0.29) is 22.0 Å². The number of sulfonamides is 1. The quantitative estimate of drug-likeness (QED) is 0.535. The molecule has 2 heterocycles. The van der Waals surface area contributed by atoms with Gasteiger partial charge in [0.25, 0.3) is 5.91 Å². The maximum absolute atomic E-state index is 12.9. The second kappa shape index (κ2) is 9.88. The molecule has 9 nitrogen and oxygen atoms in total. The molecular formula is C21H30N2O7S2. The van der Waals surface area contributed by atoms with Gasteiger partial charge in [0.2, 0.25) is 10.0 Å². The molecule has 1 aromatic carbocycles. The van der Waals surface area contributed by atoms with Crippen molar-refractivity contribution in [1.82, 2.24) is 9.21 Å². The fourth-order valence-electron chi connectivity index (χ4n) is 4.17. The third-order valence-corrected chi connectivity index (χ3v) is 9.57. The van der Waals surface area contributed by atoms with Gasteiger partial charge in [0.05, 0.1) is 22.0 Å². The zero-order valence-electron chi connectivity index (χ0n) is 18.4.